The van der Waals surface area contributed by atoms with Crippen molar-refractivity contribution in [3.05, 3.63) is 46.6 Å². The van der Waals surface area contributed by atoms with E-state index in [1.54, 1.807) is 12.1 Å². The van der Waals surface area contributed by atoms with E-state index in [4.69, 9.17) is 0 Å². The lowest BCUT2D eigenvalue weighted by Gasteiger charge is -2.18. The maximum absolute atomic E-state index is 12.9. The minimum Gasteiger partial charge on any atom is -0.384 e. The van der Waals surface area contributed by atoms with Gasteiger partial charge in [0.1, 0.15) is 17.3 Å². The van der Waals surface area contributed by atoms with Crippen molar-refractivity contribution in [2.75, 3.05) is 23.7 Å². The van der Waals surface area contributed by atoms with Crippen LogP contribution in [0.1, 0.15) is 6.42 Å². The molecular formula is C15H16FN5O4S. The Hall–Kier alpha value is -2.79. The number of benzene rings is 1. The monoisotopic (exact) mass is 381 g/mol. The number of amides is 1. The molecule has 0 saturated carbocycles. The Balaban J connectivity index is 1.81. The lowest BCUT2D eigenvalue weighted by molar-refractivity contribution is -0.117. The highest BCUT2D eigenvalue weighted by molar-refractivity contribution is 7.89. The summed E-state index contributed by atoms with van der Waals surface area (Å²) in [5.74, 6) is -1.39. The van der Waals surface area contributed by atoms with Crippen molar-refractivity contribution in [2.24, 2.45) is 0 Å². The Labute approximate surface area is 148 Å². The van der Waals surface area contributed by atoms with Gasteiger partial charge in [0.05, 0.1) is 11.9 Å². The number of hydrogen-bond donors (Lipinski definition) is 3. The van der Waals surface area contributed by atoms with Crippen LogP contribution in [0.3, 0.4) is 0 Å². The first kappa shape index (κ1) is 18.0. The number of aromatic nitrogens is 2. The highest BCUT2D eigenvalue weighted by atomic mass is 32.2. The van der Waals surface area contributed by atoms with Crippen LogP contribution in [-0.2, 0) is 21.4 Å². The van der Waals surface area contributed by atoms with Crippen LogP contribution in [0.5, 0.6) is 0 Å². The molecule has 0 aliphatic carbocycles. The number of carbonyl (C=O) groups is 1. The molecule has 138 valence electrons. The summed E-state index contributed by atoms with van der Waals surface area (Å²) >= 11 is 0. The number of nitrogens with one attached hydrogen (secondary N) is 3. The molecule has 0 saturated heterocycles. The topological polar surface area (TPSA) is 122 Å². The Bertz CT molecular complexity index is 1010. The van der Waals surface area contributed by atoms with E-state index >= 15 is 0 Å². The van der Waals surface area contributed by atoms with Crippen LogP contribution in [-0.4, -0.2) is 37.2 Å². The molecule has 0 bridgehead atoms. The number of halogens is 1. The first-order valence-corrected chi connectivity index (χ1v) is 9.23. The number of carbonyl (C=O) groups excluding carboxylic acids is 1. The maximum atomic E-state index is 12.9. The summed E-state index contributed by atoms with van der Waals surface area (Å²) in [6.07, 6.45) is 1.47. The van der Waals surface area contributed by atoms with Crippen LogP contribution < -0.4 is 20.9 Å². The van der Waals surface area contributed by atoms with E-state index in [0.29, 0.717) is 25.2 Å². The van der Waals surface area contributed by atoms with Crippen LogP contribution >= 0.6 is 0 Å². The molecule has 0 atom stereocenters. The summed E-state index contributed by atoms with van der Waals surface area (Å²) in [4.78, 5) is 23.7. The number of sulfonamides is 1. The van der Waals surface area contributed by atoms with Crippen molar-refractivity contribution >= 4 is 27.3 Å². The summed E-state index contributed by atoms with van der Waals surface area (Å²) in [7, 11) is -3.70. The fraction of sp³-hybridized carbons (Fsp3) is 0.267. The van der Waals surface area contributed by atoms with Gasteiger partial charge in [0, 0.05) is 24.8 Å². The van der Waals surface area contributed by atoms with Crippen LogP contribution in [0.2, 0.25) is 0 Å². The molecule has 3 N–H and O–H groups in total. The first-order valence-electron chi connectivity index (χ1n) is 7.75. The van der Waals surface area contributed by atoms with Crippen molar-refractivity contribution in [1.82, 2.24) is 14.5 Å². The van der Waals surface area contributed by atoms with E-state index in [-0.39, 0.29) is 10.6 Å². The lowest BCUT2D eigenvalue weighted by Crippen LogP contribution is -2.30. The molecule has 26 heavy (non-hydrogen) atoms. The normalized spacial score (nSPS) is 15.9. The van der Waals surface area contributed by atoms with Gasteiger partial charge in [0.25, 0.3) is 5.56 Å². The van der Waals surface area contributed by atoms with Gasteiger partial charge in [-0.1, -0.05) is 0 Å². The second-order valence-corrected chi connectivity index (χ2v) is 7.34. The zero-order valence-electron chi connectivity index (χ0n) is 13.5. The molecule has 2 aromatic rings. The third-order valence-electron chi connectivity index (χ3n) is 3.65. The lowest BCUT2D eigenvalue weighted by atomic mass is 10.2. The van der Waals surface area contributed by atoms with Crippen LogP contribution in [0.15, 0.2) is 40.2 Å². The van der Waals surface area contributed by atoms with Gasteiger partial charge in [-0.05, 0) is 24.6 Å². The van der Waals surface area contributed by atoms with Gasteiger partial charge >= 0.3 is 0 Å². The minimum atomic E-state index is -3.70. The maximum Gasteiger partial charge on any atom is 0.270 e. The Morgan fingerprint density at radius 3 is 2.88 bits per heavy atom. The molecule has 2 heterocycles. The average Bonchev–Trinajstić information content (AvgIpc) is 2.56. The Morgan fingerprint density at radius 2 is 2.12 bits per heavy atom. The van der Waals surface area contributed by atoms with E-state index < -0.39 is 33.9 Å². The fourth-order valence-electron chi connectivity index (χ4n) is 2.43. The SMILES string of the molecule is O=C(Cn1ncc(F)cc1=O)Nc1ccc2c(c1)S(=O)(=O)NCCCN2. The van der Waals surface area contributed by atoms with Gasteiger partial charge in [-0.2, -0.15) is 5.10 Å². The van der Waals surface area contributed by atoms with Gasteiger partial charge < -0.3 is 10.6 Å². The Kier molecular flexibility index (Phi) is 5.00. The van der Waals surface area contributed by atoms with Crippen molar-refractivity contribution in [3.8, 4) is 0 Å². The van der Waals surface area contributed by atoms with Crippen LogP contribution in [0.25, 0.3) is 0 Å². The third-order valence-corrected chi connectivity index (χ3v) is 5.15. The molecule has 0 fully saturated rings. The molecule has 1 aromatic heterocycles. The van der Waals surface area contributed by atoms with Crippen LogP contribution in [0.4, 0.5) is 15.8 Å². The number of rotatable bonds is 3. The molecule has 1 aliphatic rings. The molecule has 0 radical (unpaired) electrons. The summed E-state index contributed by atoms with van der Waals surface area (Å²) in [6.45, 7) is 0.490. The number of hydrogen-bond acceptors (Lipinski definition) is 6. The van der Waals surface area contributed by atoms with E-state index in [1.165, 1.54) is 6.07 Å². The Morgan fingerprint density at radius 1 is 1.31 bits per heavy atom. The summed E-state index contributed by atoms with van der Waals surface area (Å²) in [5, 5.41) is 9.06. The number of nitrogens with zero attached hydrogens (tertiary/aromatic N) is 2. The number of fused-ring (bicyclic) bond motifs is 1. The predicted octanol–water partition coefficient (Wildman–Crippen LogP) is 0.115. The van der Waals surface area contributed by atoms with E-state index in [2.05, 4.69) is 20.5 Å². The van der Waals surface area contributed by atoms with E-state index in [1.807, 2.05) is 0 Å². The zero-order valence-corrected chi connectivity index (χ0v) is 14.3. The average molecular weight is 381 g/mol. The van der Waals surface area contributed by atoms with Crippen molar-refractivity contribution in [2.45, 2.75) is 17.9 Å². The standard InChI is InChI=1S/C15H16FN5O4S/c16-10-6-15(23)21(18-8-10)9-14(22)20-11-2-3-12-13(7-11)26(24,25)19-5-1-4-17-12/h2-3,6-8,17,19H,1,4-5,9H2,(H,20,22). The van der Waals surface area contributed by atoms with E-state index in [9.17, 15) is 22.4 Å². The second-order valence-electron chi connectivity index (χ2n) is 5.61. The van der Waals surface area contributed by atoms with Crippen LogP contribution in [0, 0.1) is 5.82 Å². The van der Waals surface area contributed by atoms with Gasteiger partial charge in [-0.3, -0.25) is 9.59 Å². The second kappa shape index (κ2) is 7.22. The minimum absolute atomic E-state index is 0.0204. The van der Waals surface area contributed by atoms with Gasteiger partial charge in [0.15, 0.2) is 0 Å². The smallest absolute Gasteiger partial charge is 0.270 e. The van der Waals surface area contributed by atoms with Gasteiger partial charge in [0.2, 0.25) is 15.9 Å². The van der Waals surface area contributed by atoms with Crippen molar-refractivity contribution < 1.29 is 17.6 Å². The molecule has 1 aliphatic heterocycles. The number of anilines is 2. The summed E-state index contributed by atoms with van der Waals surface area (Å²) in [5.41, 5.74) is -0.0717. The third kappa shape index (κ3) is 4.06. The van der Waals surface area contributed by atoms with E-state index in [0.717, 1.165) is 16.9 Å². The quantitative estimate of drug-likeness (QED) is 0.694. The molecule has 0 unspecified atom stereocenters. The zero-order chi connectivity index (χ0) is 18.7. The fourth-order valence-corrected chi connectivity index (χ4v) is 3.71. The first-order chi connectivity index (χ1) is 12.3. The molecule has 3 rings (SSSR count). The summed E-state index contributed by atoms with van der Waals surface area (Å²) in [6, 6.07) is 5.14. The molecular weight excluding hydrogens is 365 g/mol. The van der Waals surface area contributed by atoms with Crippen molar-refractivity contribution in [3.63, 3.8) is 0 Å². The van der Waals surface area contributed by atoms with Gasteiger partial charge in [-0.25, -0.2) is 22.2 Å². The van der Waals surface area contributed by atoms with Crippen molar-refractivity contribution in [1.29, 1.82) is 0 Å². The molecule has 11 heteroatoms. The summed E-state index contributed by atoms with van der Waals surface area (Å²) < 4.78 is 40.8. The molecule has 1 aromatic carbocycles. The largest absolute Gasteiger partial charge is 0.384 e. The molecule has 1 amide bonds. The molecule has 0 spiro atoms. The van der Waals surface area contributed by atoms with Gasteiger partial charge in [-0.15, -0.1) is 0 Å². The highest BCUT2D eigenvalue weighted by Gasteiger charge is 2.21. The predicted molar refractivity (Wildman–Crippen MR) is 91.8 cm³/mol. The molecule has 9 nitrogen and oxygen atoms in total. The highest BCUT2D eigenvalue weighted by Crippen LogP contribution is 2.26.